The summed E-state index contributed by atoms with van der Waals surface area (Å²) < 4.78 is 0. The van der Waals surface area contributed by atoms with Crippen LogP contribution in [-0.2, 0) is 19.4 Å². The number of nitrogens with one attached hydrogen (secondary N) is 1. The molecule has 3 rings (SSSR count). The molecule has 1 N–H and O–H groups in total. The summed E-state index contributed by atoms with van der Waals surface area (Å²) in [6.45, 7) is 2.05. The van der Waals surface area contributed by atoms with E-state index in [1.807, 2.05) is 0 Å². The number of fused-ring (bicyclic) bond motifs is 3. The van der Waals surface area contributed by atoms with E-state index in [2.05, 4.69) is 27.5 Å². The molecule has 4 heteroatoms. The zero-order valence-electron chi connectivity index (χ0n) is 9.82. The highest BCUT2D eigenvalue weighted by Crippen LogP contribution is 2.36. The van der Waals surface area contributed by atoms with E-state index < -0.39 is 0 Å². The summed E-state index contributed by atoms with van der Waals surface area (Å²) >= 11 is 0. The first kappa shape index (κ1) is 10.6. The molecule has 1 aromatic carbocycles. The van der Waals surface area contributed by atoms with Crippen LogP contribution in [0.3, 0.4) is 0 Å². The van der Waals surface area contributed by atoms with Crippen LogP contribution in [0.2, 0.25) is 0 Å². The third-order valence-electron chi connectivity index (χ3n) is 3.89. The Hall–Kier alpha value is -1.51. The van der Waals surface area contributed by atoms with E-state index in [-0.39, 0.29) is 6.04 Å². The summed E-state index contributed by atoms with van der Waals surface area (Å²) in [6.07, 6.45) is 4.39. The fraction of sp³-hybridized carbons (Fsp3) is 0.538. The second-order valence-electron chi connectivity index (χ2n) is 4.81. The summed E-state index contributed by atoms with van der Waals surface area (Å²) in [5, 5.41) is 7.34. The summed E-state index contributed by atoms with van der Waals surface area (Å²) in [5.41, 5.74) is 14.3. The predicted molar refractivity (Wildman–Crippen MR) is 66.7 cm³/mol. The maximum atomic E-state index is 8.63. The first-order chi connectivity index (χ1) is 8.40. The van der Waals surface area contributed by atoms with Crippen molar-refractivity contribution in [3.8, 4) is 0 Å². The van der Waals surface area contributed by atoms with Crippen LogP contribution in [0, 0.1) is 0 Å². The van der Waals surface area contributed by atoms with Gasteiger partial charge < -0.3 is 5.32 Å². The van der Waals surface area contributed by atoms with Crippen LogP contribution in [0.5, 0.6) is 0 Å². The smallest absolute Gasteiger partial charge is 0.0628 e. The van der Waals surface area contributed by atoms with Crippen molar-refractivity contribution < 1.29 is 0 Å². The van der Waals surface area contributed by atoms with Crippen LogP contribution >= 0.6 is 0 Å². The number of hydrogen-bond donors (Lipinski definition) is 1. The standard InChI is InChI=1S/C13H16N4/c14-17-16-13-3-1-2-11-10-6-7-15-8-9(10)4-5-12(11)13/h4-5,13,15H,1-3,6-8H2. The molecule has 0 spiro atoms. The number of hydrogen-bond acceptors (Lipinski definition) is 2. The lowest BCUT2D eigenvalue weighted by Gasteiger charge is -2.28. The normalized spacial score (nSPS) is 22.2. The highest BCUT2D eigenvalue weighted by molar-refractivity contribution is 5.45. The van der Waals surface area contributed by atoms with E-state index in [0.717, 1.165) is 38.8 Å². The van der Waals surface area contributed by atoms with Crippen molar-refractivity contribution in [1.29, 1.82) is 0 Å². The molecule has 0 aromatic heterocycles. The Morgan fingerprint density at radius 3 is 3.12 bits per heavy atom. The fourth-order valence-electron chi connectivity index (χ4n) is 3.09. The zero-order valence-corrected chi connectivity index (χ0v) is 9.82. The first-order valence-electron chi connectivity index (χ1n) is 6.28. The highest BCUT2D eigenvalue weighted by atomic mass is 15.1. The van der Waals surface area contributed by atoms with E-state index in [1.54, 1.807) is 0 Å². The van der Waals surface area contributed by atoms with Crippen molar-refractivity contribution in [2.45, 2.75) is 38.3 Å². The van der Waals surface area contributed by atoms with Crippen LogP contribution in [0.1, 0.15) is 41.1 Å². The van der Waals surface area contributed by atoms with Gasteiger partial charge in [0.1, 0.15) is 0 Å². The van der Waals surface area contributed by atoms with Crippen LogP contribution in [0.25, 0.3) is 10.4 Å². The van der Waals surface area contributed by atoms with Gasteiger partial charge in [-0.05, 0) is 60.0 Å². The monoisotopic (exact) mass is 228 g/mol. The molecule has 0 amide bonds. The van der Waals surface area contributed by atoms with E-state index in [9.17, 15) is 0 Å². The van der Waals surface area contributed by atoms with Crippen LogP contribution in [0.4, 0.5) is 0 Å². The topological polar surface area (TPSA) is 60.8 Å². The van der Waals surface area contributed by atoms with Gasteiger partial charge >= 0.3 is 0 Å². The molecule has 0 fully saturated rings. The minimum Gasteiger partial charge on any atom is -0.312 e. The molecule has 17 heavy (non-hydrogen) atoms. The Balaban J connectivity index is 2.10. The van der Waals surface area contributed by atoms with E-state index in [1.165, 1.54) is 22.3 Å². The van der Waals surface area contributed by atoms with Gasteiger partial charge in [-0.1, -0.05) is 17.2 Å². The number of benzene rings is 1. The van der Waals surface area contributed by atoms with Gasteiger partial charge in [0.15, 0.2) is 0 Å². The number of nitrogens with zero attached hydrogens (tertiary/aromatic N) is 3. The molecule has 88 valence electrons. The number of rotatable bonds is 1. The van der Waals surface area contributed by atoms with Gasteiger partial charge in [-0.3, -0.25) is 0 Å². The Labute approximate surface area is 101 Å². The molecule has 1 aromatic rings. The molecule has 4 nitrogen and oxygen atoms in total. The summed E-state index contributed by atoms with van der Waals surface area (Å²) in [5.74, 6) is 0. The Morgan fingerprint density at radius 1 is 1.29 bits per heavy atom. The van der Waals surface area contributed by atoms with Crippen molar-refractivity contribution in [2.75, 3.05) is 6.54 Å². The molecule has 0 saturated carbocycles. The molecular weight excluding hydrogens is 212 g/mol. The van der Waals surface area contributed by atoms with Crippen LogP contribution < -0.4 is 5.32 Å². The molecule has 0 bridgehead atoms. The largest absolute Gasteiger partial charge is 0.312 e. The molecule has 1 aliphatic carbocycles. The van der Waals surface area contributed by atoms with Gasteiger partial charge in [0, 0.05) is 11.5 Å². The van der Waals surface area contributed by atoms with E-state index in [0.29, 0.717) is 0 Å². The van der Waals surface area contributed by atoms with Crippen molar-refractivity contribution in [2.24, 2.45) is 5.11 Å². The average molecular weight is 228 g/mol. The minimum atomic E-state index is 0.0592. The molecule has 1 heterocycles. The third-order valence-corrected chi connectivity index (χ3v) is 3.89. The third kappa shape index (κ3) is 1.79. The van der Waals surface area contributed by atoms with Gasteiger partial charge in [-0.25, -0.2) is 0 Å². The quantitative estimate of drug-likeness (QED) is 0.448. The highest BCUT2D eigenvalue weighted by Gasteiger charge is 2.23. The van der Waals surface area contributed by atoms with E-state index in [4.69, 9.17) is 5.53 Å². The van der Waals surface area contributed by atoms with Crippen molar-refractivity contribution in [3.63, 3.8) is 0 Å². The predicted octanol–water partition coefficient (Wildman–Crippen LogP) is 3.02. The maximum absolute atomic E-state index is 8.63. The maximum Gasteiger partial charge on any atom is 0.0628 e. The second-order valence-corrected chi connectivity index (χ2v) is 4.81. The van der Waals surface area contributed by atoms with Gasteiger partial charge in [-0.15, -0.1) is 0 Å². The lowest BCUT2D eigenvalue weighted by molar-refractivity contribution is 0.554. The molecule has 1 aliphatic heterocycles. The summed E-state index contributed by atoms with van der Waals surface area (Å²) in [7, 11) is 0. The fourth-order valence-corrected chi connectivity index (χ4v) is 3.09. The van der Waals surface area contributed by atoms with Crippen LogP contribution in [0.15, 0.2) is 17.2 Å². The SMILES string of the molecule is [N-]=[N+]=NC1CCCc2c1ccc1c2CCNC1. The zero-order chi connectivity index (χ0) is 11.7. The van der Waals surface area contributed by atoms with Crippen molar-refractivity contribution in [1.82, 2.24) is 5.32 Å². The molecule has 2 aliphatic rings. The van der Waals surface area contributed by atoms with E-state index >= 15 is 0 Å². The first-order valence-corrected chi connectivity index (χ1v) is 6.28. The van der Waals surface area contributed by atoms with Gasteiger partial charge in [0.2, 0.25) is 0 Å². The number of azide groups is 1. The lowest BCUT2D eigenvalue weighted by atomic mass is 9.81. The summed E-state index contributed by atoms with van der Waals surface area (Å²) in [4.78, 5) is 2.98. The Morgan fingerprint density at radius 2 is 2.24 bits per heavy atom. The van der Waals surface area contributed by atoms with Gasteiger partial charge in [0.05, 0.1) is 6.04 Å². The molecule has 1 unspecified atom stereocenters. The van der Waals surface area contributed by atoms with Gasteiger partial charge in [-0.2, -0.15) is 0 Å². The van der Waals surface area contributed by atoms with Crippen molar-refractivity contribution >= 4 is 0 Å². The van der Waals surface area contributed by atoms with Gasteiger partial charge in [0.25, 0.3) is 0 Å². The Bertz CT molecular complexity index is 488. The summed E-state index contributed by atoms with van der Waals surface area (Å²) in [6, 6.07) is 4.43. The minimum absolute atomic E-state index is 0.0592. The second kappa shape index (κ2) is 4.40. The average Bonchev–Trinajstić information content (AvgIpc) is 2.39. The molecule has 1 atom stereocenters. The molecule has 0 saturated heterocycles. The molecular formula is C13H16N4. The van der Waals surface area contributed by atoms with Crippen LogP contribution in [-0.4, -0.2) is 6.54 Å². The lowest BCUT2D eigenvalue weighted by Crippen LogP contribution is -2.26. The molecule has 0 radical (unpaired) electrons. The van der Waals surface area contributed by atoms with Crippen molar-refractivity contribution in [3.05, 3.63) is 44.8 Å². The Kier molecular flexibility index (Phi) is 2.75.